The van der Waals surface area contributed by atoms with Gasteiger partial charge in [-0.05, 0) is 45.8 Å². The Balaban J connectivity index is 2.03. The molecule has 1 aromatic heterocycles. The molecule has 1 heterocycles. The van der Waals surface area contributed by atoms with Crippen molar-refractivity contribution in [2.24, 2.45) is 5.16 Å². The molecule has 26 heavy (non-hydrogen) atoms. The van der Waals surface area contributed by atoms with E-state index in [-0.39, 0.29) is 36.7 Å². The zero-order valence-corrected chi connectivity index (χ0v) is 16.1. The van der Waals surface area contributed by atoms with Gasteiger partial charge in [0.15, 0.2) is 5.69 Å². The van der Waals surface area contributed by atoms with Crippen LogP contribution in [0.4, 0.5) is 4.39 Å². The number of benzene rings is 1. The van der Waals surface area contributed by atoms with Gasteiger partial charge in [-0.1, -0.05) is 16.4 Å². The van der Waals surface area contributed by atoms with E-state index in [9.17, 15) is 18.0 Å². The molecule has 0 atom stereocenters. The van der Waals surface area contributed by atoms with Crippen molar-refractivity contribution in [1.82, 2.24) is 20.4 Å². The fourth-order valence-corrected chi connectivity index (χ4v) is 3.11. The molecule has 0 fully saturated rings. The van der Waals surface area contributed by atoms with Gasteiger partial charge < -0.3 is 10.5 Å². The van der Waals surface area contributed by atoms with Crippen LogP contribution >= 0.6 is 15.9 Å². The number of aromatic nitrogens is 2. The summed E-state index contributed by atoms with van der Waals surface area (Å²) in [4.78, 5) is 0. The first-order valence-corrected chi connectivity index (χ1v) is 9.89. The van der Waals surface area contributed by atoms with E-state index in [4.69, 9.17) is 4.63 Å². The van der Waals surface area contributed by atoms with E-state index in [0.29, 0.717) is 15.7 Å². The van der Waals surface area contributed by atoms with Crippen molar-refractivity contribution in [3.8, 4) is 0 Å². The van der Waals surface area contributed by atoms with E-state index < -0.39 is 15.8 Å². The monoisotopic (exact) mass is 449 g/mol. The number of oxime groups is 1. The largest absolute Gasteiger partial charge is 0.411 e. The van der Waals surface area contributed by atoms with E-state index in [1.54, 1.807) is 12.1 Å². The maximum Gasteiger partial charge on any atom is 0.212 e. The maximum atomic E-state index is 13.3. The van der Waals surface area contributed by atoms with Crippen LogP contribution in [0.5, 0.6) is 0 Å². The van der Waals surface area contributed by atoms with Gasteiger partial charge in [-0.25, -0.2) is 22.2 Å². The Morgan fingerprint density at radius 3 is 2.85 bits per heavy atom. The minimum absolute atomic E-state index is 0.103. The van der Waals surface area contributed by atoms with E-state index in [1.165, 1.54) is 13.1 Å². The highest BCUT2D eigenvalue weighted by Crippen LogP contribution is 2.18. The van der Waals surface area contributed by atoms with E-state index in [2.05, 4.69) is 41.4 Å². The summed E-state index contributed by atoms with van der Waals surface area (Å²) >= 11 is 3.10. The van der Waals surface area contributed by atoms with Crippen molar-refractivity contribution in [3.05, 3.63) is 45.4 Å². The van der Waals surface area contributed by atoms with Crippen molar-refractivity contribution < 1.29 is 22.6 Å². The van der Waals surface area contributed by atoms with Crippen LogP contribution in [0.1, 0.15) is 17.0 Å². The van der Waals surface area contributed by atoms with Crippen LogP contribution < -0.4 is 10.0 Å². The van der Waals surface area contributed by atoms with Crippen molar-refractivity contribution in [2.45, 2.75) is 13.0 Å². The lowest BCUT2D eigenvalue weighted by Gasteiger charge is -2.06. The first-order chi connectivity index (χ1) is 12.4. The molecule has 1 aromatic carbocycles. The smallest absolute Gasteiger partial charge is 0.212 e. The molecule has 0 saturated heterocycles. The number of rotatable bonds is 9. The Kier molecular flexibility index (Phi) is 7.20. The average molecular weight is 450 g/mol. The lowest BCUT2D eigenvalue weighted by atomic mass is 10.1. The topological polar surface area (TPSA) is 130 Å². The van der Waals surface area contributed by atoms with Crippen LogP contribution in [0.3, 0.4) is 0 Å². The van der Waals surface area contributed by atoms with Crippen molar-refractivity contribution in [2.75, 3.05) is 19.3 Å². The van der Waals surface area contributed by atoms with Crippen LogP contribution in [0.2, 0.25) is 0 Å². The standard InChI is InChI=1S/C14H17BrFN5O4S/c1-17-26(23,24)5-4-18-8-13-14(21-25-20-13)12(19-22)7-9-2-3-11(16)10(15)6-9/h2-3,6,17-18,22H,4-5,7-8H2,1H3/b19-12+. The number of nitrogens with one attached hydrogen (secondary N) is 2. The second kappa shape index (κ2) is 9.16. The second-order valence-electron chi connectivity index (χ2n) is 5.23. The predicted molar refractivity (Wildman–Crippen MR) is 95.0 cm³/mol. The average Bonchev–Trinajstić information content (AvgIpc) is 3.08. The van der Waals surface area contributed by atoms with Gasteiger partial charge in [0, 0.05) is 19.5 Å². The molecule has 2 aromatic rings. The van der Waals surface area contributed by atoms with E-state index >= 15 is 0 Å². The normalized spacial score (nSPS) is 12.5. The molecule has 12 heteroatoms. The highest BCUT2D eigenvalue weighted by molar-refractivity contribution is 9.10. The summed E-state index contributed by atoms with van der Waals surface area (Å²) in [5.74, 6) is -0.505. The summed E-state index contributed by atoms with van der Waals surface area (Å²) in [5, 5.41) is 22.9. The van der Waals surface area contributed by atoms with Crippen LogP contribution in [0.25, 0.3) is 0 Å². The van der Waals surface area contributed by atoms with Crippen molar-refractivity contribution in [1.29, 1.82) is 0 Å². The van der Waals surface area contributed by atoms with Crippen LogP contribution in [-0.4, -0.2) is 49.0 Å². The summed E-state index contributed by atoms with van der Waals surface area (Å²) < 4.78 is 43.2. The number of hydrogen-bond acceptors (Lipinski definition) is 8. The molecule has 9 nitrogen and oxygen atoms in total. The zero-order valence-electron chi connectivity index (χ0n) is 13.7. The minimum atomic E-state index is -3.31. The number of sulfonamides is 1. The molecule has 3 N–H and O–H groups in total. The minimum Gasteiger partial charge on any atom is -0.411 e. The molecule has 142 valence electrons. The lowest BCUT2D eigenvalue weighted by molar-refractivity contribution is 0.300. The Labute approximate surface area is 157 Å². The molecule has 0 aliphatic rings. The number of hydrogen-bond donors (Lipinski definition) is 3. The van der Waals surface area contributed by atoms with Crippen molar-refractivity contribution in [3.63, 3.8) is 0 Å². The van der Waals surface area contributed by atoms with E-state index in [0.717, 1.165) is 0 Å². The van der Waals surface area contributed by atoms with Gasteiger partial charge >= 0.3 is 0 Å². The third-order valence-electron chi connectivity index (χ3n) is 3.46. The molecule has 0 bridgehead atoms. The summed E-state index contributed by atoms with van der Waals surface area (Å²) in [6.45, 7) is 0.357. The van der Waals surface area contributed by atoms with Gasteiger partial charge in [0.25, 0.3) is 0 Å². The highest BCUT2D eigenvalue weighted by Gasteiger charge is 2.18. The van der Waals surface area contributed by atoms with Crippen LogP contribution in [0, 0.1) is 5.82 Å². The summed E-state index contributed by atoms with van der Waals surface area (Å²) in [5.41, 5.74) is 1.47. The van der Waals surface area contributed by atoms with Crippen LogP contribution in [-0.2, 0) is 23.0 Å². The van der Waals surface area contributed by atoms with Crippen molar-refractivity contribution >= 4 is 31.7 Å². The third kappa shape index (κ3) is 5.56. The highest BCUT2D eigenvalue weighted by atomic mass is 79.9. The molecule has 0 aliphatic heterocycles. The van der Waals surface area contributed by atoms with Gasteiger partial charge in [-0.15, -0.1) is 0 Å². The van der Waals surface area contributed by atoms with E-state index in [1.807, 2.05) is 0 Å². The molecule has 0 aliphatic carbocycles. The quantitative estimate of drug-likeness (QED) is 0.225. The molecule has 0 spiro atoms. The van der Waals surface area contributed by atoms with Crippen LogP contribution in [0.15, 0.2) is 32.5 Å². The first kappa shape index (κ1) is 20.4. The molecular weight excluding hydrogens is 433 g/mol. The van der Waals surface area contributed by atoms with Gasteiger partial charge in [0.2, 0.25) is 10.0 Å². The molecule has 2 rings (SSSR count). The molecule has 0 radical (unpaired) electrons. The zero-order chi connectivity index (χ0) is 19.2. The molecule has 0 unspecified atom stereocenters. The van der Waals surface area contributed by atoms with Gasteiger partial charge in [0.1, 0.15) is 17.2 Å². The second-order valence-corrected chi connectivity index (χ2v) is 8.13. The number of halogens is 2. The fraction of sp³-hybridized carbons (Fsp3) is 0.357. The summed E-state index contributed by atoms with van der Waals surface area (Å²) in [6, 6.07) is 4.41. The Morgan fingerprint density at radius 1 is 1.42 bits per heavy atom. The van der Waals surface area contributed by atoms with Gasteiger partial charge in [0.05, 0.1) is 10.2 Å². The number of nitrogens with zero attached hydrogens (tertiary/aromatic N) is 3. The molecule has 0 saturated carbocycles. The molecular formula is C14H17BrFN5O4S. The fourth-order valence-electron chi connectivity index (χ4n) is 2.07. The maximum absolute atomic E-state index is 13.3. The predicted octanol–water partition coefficient (Wildman–Crippen LogP) is 1.03. The summed E-state index contributed by atoms with van der Waals surface area (Å²) in [6.07, 6.45) is 0.171. The lowest BCUT2D eigenvalue weighted by Crippen LogP contribution is -2.29. The van der Waals surface area contributed by atoms with Gasteiger partial charge in [-0.3, -0.25) is 0 Å². The van der Waals surface area contributed by atoms with Gasteiger partial charge in [-0.2, -0.15) is 0 Å². The SMILES string of the molecule is CNS(=O)(=O)CCNCc1nonc1/C(Cc1ccc(F)c(Br)c1)=N/O. The first-order valence-electron chi connectivity index (χ1n) is 7.45. The Bertz CT molecular complexity index is 887. The summed E-state index contributed by atoms with van der Waals surface area (Å²) in [7, 11) is -1.97. The molecule has 0 amide bonds. The Hall–Kier alpha value is -1.89. The third-order valence-corrected chi connectivity index (χ3v) is 5.43. The Morgan fingerprint density at radius 2 is 2.19 bits per heavy atom.